The van der Waals surface area contributed by atoms with Gasteiger partial charge in [0.1, 0.15) is 5.76 Å². The van der Waals surface area contributed by atoms with E-state index in [2.05, 4.69) is 16.3 Å². The normalized spacial score (nSPS) is 15.1. The zero-order valence-corrected chi connectivity index (χ0v) is 13.8. The zero-order valence-electron chi connectivity index (χ0n) is 13.8. The van der Waals surface area contributed by atoms with E-state index in [-0.39, 0.29) is 17.9 Å². The first-order valence-electron chi connectivity index (χ1n) is 7.63. The summed E-state index contributed by atoms with van der Waals surface area (Å²) in [6.07, 6.45) is 6.42. The van der Waals surface area contributed by atoms with E-state index in [1.807, 2.05) is 19.9 Å². The molecule has 0 saturated carbocycles. The fraction of sp³-hybridized carbons (Fsp3) is 0.333. The average Bonchev–Trinajstić information content (AvgIpc) is 2.51. The van der Waals surface area contributed by atoms with Crippen LogP contribution in [-0.4, -0.2) is 16.9 Å². The fourth-order valence-electron chi connectivity index (χ4n) is 2.36. The number of aromatic nitrogens is 1. The molecule has 0 bridgehead atoms. The Morgan fingerprint density at radius 3 is 2.75 bits per heavy atom. The van der Waals surface area contributed by atoms with Gasteiger partial charge in [-0.05, 0) is 38.8 Å². The Morgan fingerprint density at radius 1 is 1.38 bits per heavy atom. The topological polar surface area (TPSA) is 43.6 Å². The molecule has 0 N–H and O–H groups in total. The molecule has 0 spiro atoms. The summed E-state index contributed by atoms with van der Waals surface area (Å²) in [4.78, 5) is 16.4. The molecule has 1 aliphatic rings. The molecule has 0 aromatic carbocycles. The Morgan fingerprint density at radius 2 is 2.08 bits per heavy atom. The number of halogens is 2. The standard InChI is InChI=1S/C18H20F2N2O2/c1-12(2)21-10-14-8-9-17(23)22(13(14)3)11-15-6-4-5-7-16(15)24-18(19)20/h6-10,18H,3-5,11H2,1-2H3/b14-10-. The molecule has 1 aromatic heterocycles. The van der Waals surface area contributed by atoms with Crippen LogP contribution in [0.15, 0.2) is 45.4 Å². The molecule has 128 valence electrons. The molecule has 1 aliphatic carbocycles. The number of hydrogen-bond donors (Lipinski definition) is 0. The van der Waals surface area contributed by atoms with Crippen molar-refractivity contribution in [3.63, 3.8) is 0 Å². The minimum absolute atomic E-state index is 0.124. The zero-order chi connectivity index (χ0) is 17.7. The third kappa shape index (κ3) is 4.50. The van der Waals surface area contributed by atoms with Crippen molar-refractivity contribution in [3.8, 4) is 0 Å². The number of alkyl halides is 2. The summed E-state index contributed by atoms with van der Waals surface area (Å²) in [5.41, 5.74) is 1.18. The van der Waals surface area contributed by atoms with E-state index >= 15 is 0 Å². The van der Waals surface area contributed by atoms with Crippen LogP contribution in [0.2, 0.25) is 0 Å². The molecule has 0 atom stereocenters. The van der Waals surface area contributed by atoms with Crippen molar-refractivity contribution in [1.82, 2.24) is 4.57 Å². The molecule has 2 rings (SSSR count). The summed E-state index contributed by atoms with van der Waals surface area (Å²) in [5, 5.41) is 1.18. The lowest BCUT2D eigenvalue weighted by molar-refractivity contribution is -0.0942. The van der Waals surface area contributed by atoms with Crippen LogP contribution in [-0.2, 0) is 11.3 Å². The lowest BCUT2D eigenvalue weighted by Crippen LogP contribution is -2.42. The highest BCUT2D eigenvalue weighted by Crippen LogP contribution is 2.22. The highest BCUT2D eigenvalue weighted by molar-refractivity contribution is 5.81. The molecule has 0 radical (unpaired) electrons. The SMILES string of the molecule is C=c1/c(=C\N=C(C)C)ccc(=O)n1CC1=CCCC=C1OC(F)F. The van der Waals surface area contributed by atoms with Gasteiger partial charge in [-0.15, -0.1) is 0 Å². The minimum Gasteiger partial charge on any atom is -0.435 e. The van der Waals surface area contributed by atoms with E-state index in [1.165, 1.54) is 10.6 Å². The van der Waals surface area contributed by atoms with E-state index < -0.39 is 6.61 Å². The second-order valence-corrected chi connectivity index (χ2v) is 5.62. The maximum absolute atomic E-state index is 12.5. The number of rotatable bonds is 5. The number of ether oxygens (including phenoxy) is 1. The third-order valence-corrected chi connectivity index (χ3v) is 3.54. The van der Waals surface area contributed by atoms with Crippen LogP contribution >= 0.6 is 0 Å². The van der Waals surface area contributed by atoms with Crippen molar-refractivity contribution in [2.24, 2.45) is 4.99 Å². The molecule has 0 amide bonds. The van der Waals surface area contributed by atoms with Crippen LogP contribution in [0.25, 0.3) is 12.8 Å². The van der Waals surface area contributed by atoms with Crippen LogP contribution in [0.3, 0.4) is 0 Å². The summed E-state index contributed by atoms with van der Waals surface area (Å²) in [7, 11) is 0. The molecule has 6 heteroatoms. The lowest BCUT2D eigenvalue weighted by atomic mass is 10.0. The molecule has 0 fully saturated rings. The van der Waals surface area contributed by atoms with Gasteiger partial charge in [0.2, 0.25) is 0 Å². The van der Waals surface area contributed by atoms with Gasteiger partial charge in [0.05, 0.1) is 6.54 Å². The van der Waals surface area contributed by atoms with E-state index in [0.29, 0.717) is 22.6 Å². The predicted molar refractivity (Wildman–Crippen MR) is 91.2 cm³/mol. The van der Waals surface area contributed by atoms with Crippen LogP contribution < -0.4 is 16.1 Å². The second kappa shape index (κ2) is 7.86. The van der Waals surface area contributed by atoms with Crippen LogP contribution in [0.1, 0.15) is 26.7 Å². The van der Waals surface area contributed by atoms with Gasteiger partial charge in [-0.2, -0.15) is 8.78 Å². The second-order valence-electron chi connectivity index (χ2n) is 5.62. The largest absolute Gasteiger partial charge is 0.435 e. The van der Waals surface area contributed by atoms with Gasteiger partial charge in [-0.25, -0.2) is 0 Å². The van der Waals surface area contributed by atoms with Crippen molar-refractivity contribution in [2.75, 3.05) is 0 Å². The quantitative estimate of drug-likeness (QED) is 0.776. The Labute approximate surface area is 138 Å². The maximum Gasteiger partial charge on any atom is 0.387 e. The number of pyridine rings is 1. The molecule has 1 aromatic rings. The van der Waals surface area contributed by atoms with Gasteiger partial charge >= 0.3 is 6.61 Å². The Hall–Kier alpha value is -2.50. The number of hydrogen-bond acceptors (Lipinski definition) is 3. The van der Waals surface area contributed by atoms with Gasteiger partial charge in [0, 0.05) is 34.1 Å². The monoisotopic (exact) mass is 334 g/mol. The third-order valence-electron chi connectivity index (χ3n) is 3.54. The van der Waals surface area contributed by atoms with E-state index in [1.54, 1.807) is 18.3 Å². The summed E-state index contributed by atoms with van der Waals surface area (Å²) in [6, 6.07) is 3.07. The van der Waals surface area contributed by atoms with Crippen molar-refractivity contribution < 1.29 is 13.5 Å². The van der Waals surface area contributed by atoms with Gasteiger partial charge in [-0.3, -0.25) is 9.79 Å². The molecule has 24 heavy (non-hydrogen) atoms. The summed E-state index contributed by atoms with van der Waals surface area (Å²) < 4.78 is 31.1. The Kier molecular flexibility index (Phi) is 5.84. The summed E-state index contributed by atoms with van der Waals surface area (Å²) >= 11 is 0. The molecular formula is C18H20F2N2O2. The first kappa shape index (κ1) is 17.8. The van der Waals surface area contributed by atoms with Gasteiger partial charge in [0.15, 0.2) is 0 Å². The first-order chi connectivity index (χ1) is 11.4. The average molecular weight is 334 g/mol. The fourth-order valence-corrected chi connectivity index (χ4v) is 2.36. The maximum atomic E-state index is 12.5. The lowest BCUT2D eigenvalue weighted by Gasteiger charge is -2.18. The molecule has 0 saturated heterocycles. The van der Waals surface area contributed by atoms with Crippen molar-refractivity contribution in [3.05, 3.63) is 56.5 Å². The number of allylic oxidation sites excluding steroid dienone is 3. The highest BCUT2D eigenvalue weighted by atomic mass is 19.3. The Balaban J connectivity index is 2.41. The molecule has 0 unspecified atom stereocenters. The Bertz CT molecular complexity index is 860. The van der Waals surface area contributed by atoms with E-state index in [9.17, 15) is 13.6 Å². The summed E-state index contributed by atoms with van der Waals surface area (Å²) in [5.74, 6) is 0.124. The van der Waals surface area contributed by atoms with Crippen molar-refractivity contribution >= 4 is 18.5 Å². The number of nitrogens with zero attached hydrogens (tertiary/aromatic N) is 2. The molecule has 1 heterocycles. The van der Waals surface area contributed by atoms with E-state index in [4.69, 9.17) is 0 Å². The van der Waals surface area contributed by atoms with Gasteiger partial charge < -0.3 is 9.30 Å². The van der Waals surface area contributed by atoms with E-state index in [0.717, 1.165) is 12.1 Å². The van der Waals surface area contributed by atoms with Gasteiger partial charge in [0.25, 0.3) is 5.56 Å². The highest BCUT2D eigenvalue weighted by Gasteiger charge is 2.16. The summed E-state index contributed by atoms with van der Waals surface area (Å²) in [6.45, 7) is 4.90. The van der Waals surface area contributed by atoms with Crippen LogP contribution in [0.4, 0.5) is 8.78 Å². The molecule has 0 aliphatic heterocycles. The molecular weight excluding hydrogens is 314 g/mol. The van der Waals surface area contributed by atoms with Crippen LogP contribution in [0.5, 0.6) is 0 Å². The number of aliphatic imine (C=N–C) groups is 1. The van der Waals surface area contributed by atoms with Crippen molar-refractivity contribution in [2.45, 2.75) is 39.8 Å². The first-order valence-corrected chi connectivity index (χ1v) is 7.63. The minimum atomic E-state index is -2.89. The van der Waals surface area contributed by atoms with Gasteiger partial charge in [-0.1, -0.05) is 12.7 Å². The molecule has 4 nitrogen and oxygen atoms in total. The van der Waals surface area contributed by atoms with Crippen LogP contribution in [0, 0.1) is 0 Å². The van der Waals surface area contributed by atoms with Crippen molar-refractivity contribution in [1.29, 1.82) is 0 Å². The smallest absolute Gasteiger partial charge is 0.387 e. The predicted octanol–water partition coefficient (Wildman–Crippen LogP) is 2.32.